The maximum atomic E-state index is 11.9. The van der Waals surface area contributed by atoms with E-state index < -0.39 is 0 Å². The molecule has 1 amide bonds. The molecule has 2 rings (SSSR count). The molecule has 0 saturated heterocycles. The first-order valence-corrected chi connectivity index (χ1v) is 8.34. The predicted molar refractivity (Wildman–Crippen MR) is 88.9 cm³/mol. The summed E-state index contributed by atoms with van der Waals surface area (Å²) in [5, 5.41) is 6.30. The Bertz CT molecular complexity index is 450. The van der Waals surface area contributed by atoms with Crippen molar-refractivity contribution >= 4 is 5.91 Å². The second-order valence-electron chi connectivity index (χ2n) is 6.27. The highest BCUT2D eigenvalue weighted by Crippen LogP contribution is 2.29. The molecule has 1 fully saturated rings. The molecule has 1 aliphatic rings. The van der Waals surface area contributed by atoms with Crippen LogP contribution in [-0.2, 0) is 4.79 Å². The van der Waals surface area contributed by atoms with E-state index in [4.69, 9.17) is 4.74 Å². The molecule has 0 aromatic heterocycles. The van der Waals surface area contributed by atoms with Crippen LogP contribution in [0.5, 0.6) is 5.75 Å². The van der Waals surface area contributed by atoms with E-state index in [1.165, 1.54) is 19.3 Å². The Labute approximate surface area is 133 Å². The Morgan fingerprint density at radius 3 is 2.77 bits per heavy atom. The van der Waals surface area contributed by atoms with Gasteiger partial charge in [0.15, 0.2) is 0 Å². The molecule has 1 aromatic carbocycles. The van der Waals surface area contributed by atoms with Gasteiger partial charge in [-0.2, -0.15) is 0 Å². The zero-order valence-electron chi connectivity index (χ0n) is 13.7. The molecule has 0 aliphatic heterocycles. The number of ether oxygens (including phenoxy) is 1. The third-order valence-corrected chi connectivity index (χ3v) is 4.67. The second-order valence-corrected chi connectivity index (χ2v) is 6.27. The minimum Gasteiger partial charge on any atom is -0.492 e. The SMILES string of the molecule is CC1CCCC(NCC(=O)NCCOc2ccccc2)C1C. The van der Waals surface area contributed by atoms with Crippen LogP contribution in [-0.4, -0.2) is 31.6 Å². The summed E-state index contributed by atoms with van der Waals surface area (Å²) in [6.45, 7) is 6.01. The van der Waals surface area contributed by atoms with Crippen molar-refractivity contribution in [3.8, 4) is 5.75 Å². The van der Waals surface area contributed by atoms with Gasteiger partial charge in [0.2, 0.25) is 5.91 Å². The first-order chi connectivity index (χ1) is 10.7. The Morgan fingerprint density at radius 1 is 1.23 bits per heavy atom. The van der Waals surface area contributed by atoms with Gasteiger partial charge in [0.25, 0.3) is 0 Å². The molecule has 0 spiro atoms. The van der Waals surface area contributed by atoms with E-state index in [1.54, 1.807) is 0 Å². The fourth-order valence-corrected chi connectivity index (χ4v) is 3.03. The summed E-state index contributed by atoms with van der Waals surface area (Å²) in [5.74, 6) is 2.26. The normalized spacial score (nSPS) is 24.7. The molecule has 122 valence electrons. The quantitative estimate of drug-likeness (QED) is 0.761. The van der Waals surface area contributed by atoms with E-state index in [1.807, 2.05) is 30.3 Å². The molecule has 0 heterocycles. The van der Waals surface area contributed by atoms with Crippen molar-refractivity contribution in [3.05, 3.63) is 30.3 Å². The summed E-state index contributed by atoms with van der Waals surface area (Å²) in [5.41, 5.74) is 0. The number of benzene rings is 1. The van der Waals surface area contributed by atoms with Gasteiger partial charge in [-0.1, -0.05) is 44.9 Å². The molecule has 0 bridgehead atoms. The molecule has 3 unspecified atom stereocenters. The van der Waals surface area contributed by atoms with E-state index in [2.05, 4.69) is 24.5 Å². The summed E-state index contributed by atoms with van der Waals surface area (Å²) in [6.07, 6.45) is 3.74. The minimum atomic E-state index is 0.0436. The van der Waals surface area contributed by atoms with Gasteiger partial charge in [-0.3, -0.25) is 4.79 Å². The van der Waals surface area contributed by atoms with Crippen LogP contribution in [0.4, 0.5) is 0 Å². The molecular formula is C18H28N2O2. The zero-order chi connectivity index (χ0) is 15.8. The van der Waals surface area contributed by atoms with Crippen molar-refractivity contribution in [1.82, 2.24) is 10.6 Å². The molecule has 3 atom stereocenters. The largest absolute Gasteiger partial charge is 0.492 e. The fraction of sp³-hybridized carbons (Fsp3) is 0.611. The van der Waals surface area contributed by atoms with Crippen LogP contribution >= 0.6 is 0 Å². The summed E-state index contributed by atoms with van der Waals surface area (Å²) in [6, 6.07) is 10.1. The van der Waals surface area contributed by atoms with Crippen LogP contribution in [0.1, 0.15) is 33.1 Å². The molecule has 1 aliphatic carbocycles. The number of carbonyl (C=O) groups is 1. The predicted octanol–water partition coefficient (Wildman–Crippen LogP) is 2.60. The number of amides is 1. The summed E-state index contributed by atoms with van der Waals surface area (Å²) in [7, 11) is 0. The lowest BCUT2D eigenvalue weighted by Gasteiger charge is -2.34. The van der Waals surface area contributed by atoms with Crippen LogP contribution in [0, 0.1) is 11.8 Å². The standard InChI is InChI=1S/C18H28N2O2/c1-14-7-6-10-17(15(14)2)20-13-18(21)19-11-12-22-16-8-4-3-5-9-16/h3-5,8-9,14-15,17,20H,6-7,10-13H2,1-2H3,(H,19,21). The summed E-state index contributed by atoms with van der Waals surface area (Å²) < 4.78 is 5.55. The van der Waals surface area contributed by atoms with Gasteiger partial charge in [-0.25, -0.2) is 0 Å². The number of rotatable bonds is 7. The van der Waals surface area contributed by atoms with Crippen molar-refractivity contribution in [3.63, 3.8) is 0 Å². The van der Waals surface area contributed by atoms with Gasteiger partial charge in [0.05, 0.1) is 13.1 Å². The monoisotopic (exact) mass is 304 g/mol. The molecule has 2 N–H and O–H groups in total. The van der Waals surface area contributed by atoms with E-state index in [0.717, 1.165) is 11.7 Å². The van der Waals surface area contributed by atoms with E-state index in [9.17, 15) is 4.79 Å². The van der Waals surface area contributed by atoms with Gasteiger partial charge in [0, 0.05) is 6.04 Å². The van der Waals surface area contributed by atoms with Gasteiger partial charge in [-0.15, -0.1) is 0 Å². The maximum Gasteiger partial charge on any atom is 0.234 e. The molecule has 22 heavy (non-hydrogen) atoms. The lowest BCUT2D eigenvalue weighted by atomic mass is 9.78. The van der Waals surface area contributed by atoms with Gasteiger partial charge in [-0.05, 0) is 30.4 Å². The lowest BCUT2D eigenvalue weighted by molar-refractivity contribution is -0.120. The molecule has 0 radical (unpaired) electrons. The molecule has 1 saturated carbocycles. The molecule has 4 heteroatoms. The Hall–Kier alpha value is -1.55. The lowest BCUT2D eigenvalue weighted by Crippen LogP contribution is -2.45. The van der Waals surface area contributed by atoms with Crippen LogP contribution in [0.3, 0.4) is 0 Å². The van der Waals surface area contributed by atoms with Crippen LogP contribution in [0.25, 0.3) is 0 Å². The van der Waals surface area contributed by atoms with Crippen LogP contribution in [0.2, 0.25) is 0 Å². The number of nitrogens with one attached hydrogen (secondary N) is 2. The van der Waals surface area contributed by atoms with Gasteiger partial charge in [0.1, 0.15) is 12.4 Å². The van der Waals surface area contributed by atoms with Crippen molar-refractivity contribution in [2.24, 2.45) is 11.8 Å². The zero-order valence-corrected chi connectivity index (χ0v) is 13.7. The third kappa shape index (κ3) is 5.34. The number of carbonyl (C=O) groups excluding carboxylic acids is 1. The highest BCUT2D eigenvalue weighted by atomic mass is 16.5. The van der Waals surface area contributed by atoms with Gasteiger partial charge >= 0.3 is 0 Å². The van der Waals surface area contributed by atoms with Gasteiger partial charge < -0.3 is 15.4 Å². The number of para-hydroxylation sites is 1. The van der Waals surface area contributed by atoms with E-state index >= 15 is 0 Å². The maximum absolute atomic E-state index is 11.9. The summed E-state index contributed by atoms with van der Waals surface area (Å²) in [4.78, 5) is 11.9. The first-order valence-electron chi connectivity index (χ1n) is 8.34. The fourth-order valence-electron chi connectivity index (χ4n) is 3.03. The third-order valence-electron chi connectivity index (χ3n) is 4.67. The minimum absolute atomic E-state index is 0.0436. The van der Waals surface area contributed by atoms with Crippen molar-refractivity contribution < 1.29 is 9.53 Å². The average Bonchev–Trinajstić information content (AvgIpc) is 2.54. The first kappa shape index (κ1) is 16.8. The molecular weight excluding hydrogens is 276 g/mol. The summed E-state index contributed by atoms with van der Waals surface area (Å²) >= 11 is 0. The van der Waals surface area contributed by atoms with Crippen molar-refractivity contribution in [1.29, 1.82) is 0 Å². The Kier molecular flexibility index (Phi) is 6.72. The van der Waals surface area contributed by atoms with E-state index in [0.29, 0.717) is 31.7 Å². The second kappa shape index (κ2) is 8.79. The smallest absolute Gasteiger partial charge is 0.234 e. The average molecular weight is 304 g/mol. The highest BCUT2D eigenvalue weighted by molar-refractivity contribution is 5.77. The van der Waals surface area contributed by atoms with Crippen LogP contribution in [0.15, 0.2) is 30.3 Å². The molecule has 1 aromatic rings. The topological polar surface area (TPSA) is 50.4 Å². The van der Waals surface area contributed by atoms with Crippen molar-refractivity contribution in [2.45, 2.75) is 39.2 Å². The van der Waals surface area contributed by atoms with Crippen LogP contribution < -0.4 is 15.4 Å². The van der Waals surface area contributed by atoms with Crippen molar-refractivity contribution in [2.75, 3.05) is 19.7 Å². The Morgan fingerprint density at radius 2 is 2.00 bits per heavy atom. The number of hydrogen-bond donors (Lipinski definition) is 2. The highest BCUT2D eigenvalue weighted by Gasteiger charge is 2.26. The molecule has 4 nitrogen and oxygen atoms in total. The van der Waals surface area contributed by atoms with E-state index in [-0.39, 0.29) is 5.91 Å². The Balaban J connectivity index is 1.58. The number of hydrogen-bond acceptors (Lipinski definition) is 3.